The van der Waals surface area contributed by atoms with Gasteiger partial charge in [0.15, 0.2) is 0 Å². The molecule has 2 bridgehead atoms. The molecule has 1 aromatic carbocycles. The van der Waals surface area contributed by atoms with E-state index in [2.05, 4.69) is 44.0 Å². The third kappa shape index (κ3) is 3.75. The summed E-state index contributed by atoms with van der Waals surface area (Å²) in [5.41, 5.74) is 10.3. The number of thioether (sulfide) groups is 1. The van der Waals surface area contributed by atoms with Gasteiger partial charge in [0.2, 0.25) is 0 Å². The lowest BCUT2D eigenvalue weighted by atomic mass is 9.93. The van der Waals surface area contributed by atoms with Crippen LogP contribution < -0.4 is 15.5 Å². The van der Waals surface area contributed by atoms with Crippen molar-refractivity contribution in [1.82, 2.24) is 14.9 Å². The number of hydrogen-bond acceptors (Lipinski definition) is 8. The van der Waals surface area contributed by atoms with E-state index >= 15 is 0 Å². The zero-order chi connectivity index (χ0) is 23.5. The maximum atomic E-state index is 8.94. The number of thiophene rings is 1. The number of fused-ring (bicyclic) bond motifs is 3. The Balaban J connectivity index is 1.04. The second-order valence-corrected chi connectivity index (χ2v) is 12.5. The molecule has 4 fully saturated rings. The Labute approximate surface area is 214 Å². The Bertz CT molecular complexity index is 1240. The molecular formula is C26H31N7S2. The van der Waals surface area contributed by atoms with Crippen LogP contribution in [0.25, 0.3) is 10.2 Å². The van der Waals surface area contributed by atoms with E-state index in [1.54, 1.807) is 29.4 Å². The van der Waals surface area contributed by atoms with Crippen molar-refractivity contribution in [2.75, 3.05) is 36.0 Å². The Morgan fingerprint density at radius 3 is 2.49 bits per heavy atom. The summed E-state index contributed by atoms with van der Waals surface area (Å²) in [5.74, 6) is 2.46. The van der Waals surface area contributed by atoms with E-state index in [-0.39, 0.29) is 10.7 Å². The molecule has 3 aromatic rings. The van der Waals surface area contributed by atoms with Crippen LogP contribution in [0.1, 0.15) is 36.6 Å². The van der Waals surface area contributed by atoms with Gasteiger partial charge in [0.05, 0.1) is 15.9 Å². The molecule has 0 amide bonds. The van der Waals surface area contributed by atoms with Gasteiger partial charge in [-0.2, -0.15) is 0 Å². The van der Waals surface area contributed by atoms with Crippen LogP contribution >= 0.6 is 23.1 Å². The van der Waals surface area contributed by atoms with E-state index in [9.17, 15) is 0 Å². The molecule has 2 aliphatic carbocycles. The second kappa shape index (κ2) is 8.73. The Morgan fingerprint density at radius 2 is 1.74 bits per heavy atom. The molecule has 7 rings (SSSR count). The van der Waals surface area contributed by atoms with E-state index < -0.39 is 0 Å². The number of rotatable bonds is 4. The first-order valence-electron chi connectivity index (χ1n) is 12.7. The first-order valence-corrected chi connectivity index (χ1v) is 14.5. The molecule has 0 radical (unpaired) electrons. The van der Waals surface area contributed by atoms with Crippen molar-refractivity contribution in [3.05, 3.63) is 47.7 Å². The van der Waals surface area contributed by atoms with Crippen LogP contribution in [0.4, 0.5) is 11.4 Å². The first-order chi connectivity index (χ1) is 17.2. The summed E-state index contributed by atoms with van der Waals surface area (Å²) >= 11 is 3.20. The lowest BCUT2D eigenvalue weighted by molar-refractivity contribution is 0.135. The summed E-state index contributed by atoms with van der Waals surface area (Å²) in [4.78, 5) is 16.1. The van der Waals surface area contributed by atoms with Gasteiger partial charge in [-0.25, -0.2) is 9.97 Å². The number of hydrogen-bond donors (Lipinski definition) is 2. The van der Waals surface area contributed by atoms with E-state index in [1.807, 2.05) is 16.3 Å². The molecule has 182 valence electrons. The molecule has 2 aromatic heterocycles. The number of nitrogens with two attached hydrogens (primary N) is 1. The number of benzene rings is 1. The molecule has 3 N–H and O–H groups in total. The number of nitrogens with one attached hydrogen (secondary N) is 1. The standard InChI is InChI=1S/C26H31N7S2/c27-25-24(22-23-20(7-12-34-23)29-15-30-22)35-26(28)33(25)19-5-3-18(4-6-19)31-8-10-32(11-9-31)21-14-16-1-2-17(21)13-16/h3-7,12,15-17,21,24,26-27H,1-2,8-11,13-14,28H2. The minimum absolute atomic E-state index is 0.187. The largest absolute Gasteiger partial charge is 0.369 e. The summed E-state index contributed by atoms with van der Waals surface area (Å²) in [5, 5.41) is 10.8. The maximum absolute atomic E-state index is 8.94. The van der Waals surface area contributed by atoms with Gasteiger partial charge in [-0.1, -0.05) is 6.42 Å². The fourth-order valence-corrected chi connectivity index (χ4v) is 8.92. The highest BCUT2D eigenvalue weighted by atomic mass is 32.2. The Morgan fingerprint density at radius 1 is 0.943 bits per heavy atom. The summed E-state index contributed by atoms with van der Waals surface area (Å²) in [6, 6.07) is 11.5. The minimum atomic E-state index is -0.311. The SMILES string of the molecule is N=C1C(c2ncnc3ccsc23)SC(N)N1c1ccc(N2CCN(C3CC4CCC3C4)CC2)cc1. The van der Waals surface area contributed by atoms with Crippen molar-refractivity contribution in [1.29, 1.82) is 5.41 Å². The van der Waals surface area contributed by atoms with Crippen LogP contribution in [0.5, 0.6) is 0 Å². The van der Waals surface area contributed by atoms with Gasteiger partial charge in [0.1, 0.15) is 22.9 Å². The molecule has 35 heavy (non-hydrogen) atoms. The minimum Gasteiger partial charge on any atom is -0.369 e. The van der Waals surface area contributed by atoms with Gasteiger partial charge >= 0.3 is 0 Å². The lowest BCUT2D eigenvalue weighted by Crippen LogP contribution is -2.51. The normalized spacial score (nSPS) is 31.2. The Kier molecular flexibility index (Phi) is 5.49. The molecule has 4 aliphatic rings. The molecule has 5 unspecified atom stereocenters. The molecule has 0 spiro atoms. The second-order valence-electron chi connectivity index (χ2n) is 10.3. The van der Waals surface area contributed by atoms with Crippen LogP contribution in [0.2, 0.25) is 0 Å². The fourth-order valence-electron chi connectivity index (χ4n) is 6.80. The van der Waals surface area contributed by atoms with Crippen molar-refractivity contribution in [2.45, 2.75) is 42.5 Å². The molecular weight excluding hydrogens is 474 g/mol. The van der Waals surface area contributed by atoms with E-state index in [0.717, 1.165) is 52.6 Å². The highest BCUT2D eigenvalue weighted by Crippen LogP contribution is 2.47. The van der Waals surface area contributed by atoms with Gasteiger partial charge in [-0.3, -0.25) is 10.3 Å². The topological polar surface area (TPSA) is 85.4 Å². The predicted molar refractivity (Wildman–Crippen MR) is 145 cm³/mol. The first kappa shape index (κ1) is 22.0. The molecule has 5 atom stereocenters. The van der Waals surface area contributed by atoms with E-state index in [0.29, 0.717) is 5.84 Å². The zero-order valence-corrected chi connectivity index (χ0v) is 21.3. The fraction of sp³-hybridized carbons (Fsp3) is 0.500. The number of aromatic nitrogens is 2. The quantitative estimate of drug-likeness (QED) is 0.539. The molecule has 4 heterocycles. The number of anilines is 2. The monoisotopic (exact) mass is 505 g/mol. The Hall–Kier alpha value is -2.20. The van der Waals surface area contributed by atoms with Gasteiger partial charge in [0, 0.05) is 43.6 Å². The van der Waals surface area contributed by atoms with Crippen molar-refractivity contribution in [3.8, 4) is 0 Å². The highest BCUT2D eigenvalue weighted by Gasteiger charge is 2.43. The third-order valence-corrected chi connectivity index (χ3v) is 10.7. The summed E-state index contributed by atoms with van der Waals surface area (Å²) < 4.78 is 1.05. The molecule has 2 saturated heterocycles. The number of nitrogens with zero attached hydrogens (tertiary/aromatic N) is 5. The van der Waals surface area contributed by atoms with Crippen LogP contribution in [0, 0.1) is 17.2 Å². The summed E-state index contributed by atoms with van der Waals surface area (Å²) in [6.07, 6.45) is 7.45. The average Bonchev–Trinajstić information content (AvgIpc) is 3.69. The average molecular weight is 506 g/mol. The molecule has 9 heteroatoms. The van der Waals surface area contributed by atoms with Crippen molar-refractivity contribution >= 4 is 50.5 Å². The van der Waals surface area contributed by atoms with Crippen molar-refractivity contribution < 1.29 is 0 Å². The van der Waals surface area contributed by atoms with Gasteiger partial charge in [-0.05, 0) is 66.8 Å². The smallest absolute Gasteiger partial charge is 0.132 e. The lowest BCUT2D eigenvalue weighted by Gasteiger charge is -2.42. The van der Waals surface area contributed by atoms with Crippen molar-refractivity contribution in [3.63, 3.8) is 0 Å². The van der Waals surface area contributed by atoms with E-state index in [1.165, 1.54) is 44.5 Å². The summed E-state index contributed by atoms with van der Waals surface area (Å²) in [7, 11) is 0. The van der Waals surface area contributed by atoms with Gasteiger partial charge < -0.3 is 15.5 Å². The van der Waals surface area contributed by atoms with Crippen LogP contribution in [0.15, 0.2) is 42.0 Å². The third-order valence-electron chi connectivity index (χ3n) is 8.53. The highest BCUT2D eigenvalue weighted by molar-refractivity contribution is 8.01. The zero-order valence-electron chi connectivity index (χ0n) is 19.7. The van der Waals surface area contributed by atoms with Crippen LogP contribution in [-0.4, -0.2) is 58.4 Å². The maximum Gasteiger partial charge on any atom is 0.132 e. The van der Waals surface area contributed by atoms with Gasteiger partial charge in [-0.15, -0.1) is 23.1 Å². The molecule has 2 saturated carbocycles. The number of amidine groups is 1. The van der Waals surface area contributed by atoms with E-state index in [4.69, 9.17) is 11.1 Å². The van der Waals surface area contributed by atoms with Crippen LogP contribution in [-0.2, 0) is 0 Å². The van der Waals surface area contributed by atoms with Crippen molar-refractivity contribution in [2.24, 2.45) is 17.6 Å². The van der Waals surface area contributed by atoms with Crippen LogP contribution in [0.3, 0.4) is 0 Å². The molecule has 7 nitrogen and oxygen atoms in total. The number of piperazine rings is 1. The molecule has 2 aliphatic heterocycles. The predicted octanol–water partition coefficient (Wildman–Crippen LogP) is 4.52. The van der Waals surface area contributed by atoms with Gasteiger partial charge in [0.25, 0.3) is 0 Å². The summed E-state index contributed by atoms with van der Waals surface area (Å²) in [6.45, 7) is 4.53.